The highest BCUT2D eigenvalue weighted by molar-refractivity contribution is 6.00. The van der Waals surface area contributed by atoms with E-state index in [1.807, 2.05) is 6.92 Å². The van der Waals surface area contributed by atoms with Gasteiger partial charge in [0.2, 0.25) is 0 Å². The molecule has 0 aromatic heterocycles. The van der Waals surface area contributed by atoms with Gasteiger partial charge >= 0.3 is 0 Å². The van der Waals surface area contributed by atoms with E-state index >= 15 is 0 Å². The lowest BCUT2D eigenvalue weighted by molar-refractivity contribution is -0.124. The first kappa shape index (κ1) is 12.2. The molecule has 1 aliphatic rings. The van der Waals surface area contributed by atoms with Gasteiger partial charge in [-0.05, 0) is 52.5 Å². The molecule has 0 saturated heterocycles. The van der Waals surface area contributed by atoms with E-state index in [-0.39, 0.29) is 5.41 Å². The molecule has 0 saturated carbocycles. The monoisotopic (exact) mass is 206 g/mol. The second-order valence-electron chi connectivity index (χ2n) is 5.28. The first-order chi connectivity index (χ1) is 6.87. The van der Waals surface area contributed by atoms with Crippen molar-refractivity contribution in [3.63, 3.8) is 0 Å². The first-order valence-electron chi connectivity index (χ1n) is 5.71. The van der Waals surface area contributed by atoms with Gasteiger partial charge in [0, 0.05) is 5.41 Å². The fourth-order valence-electron chi connectivity index (χ4n) is 2.04. The van der Waals surface area contributed by atoms with Crippen LogP contribution in [0.4, 0.5) is 0 Å². The molecular weight excluding hydrogens is 184 g/mol. The molecule has 15 heavy (non-hydrogen) atoms. The van der Waals surface area contributed by atoms with Crippen molar-refractivity contribution < 1.29 is 4.79 Å². The van der Waals surface area contributed by atoms with Crippen molar-refractivity contribution in [1.82, 2.24) is 0 Å². The zero-order chi connectivity index (χ0) is 11.6. The van der Waals surface area contributed by atoms with E-state index in [1.54, 1.807) is 0 Å². The summed E-state index contributed by atoms with van der Waals surface area (Å²) in [6, 6.07) is 0. The zero-order valence-electron chi connectivity index (χ0n) is 10.6. The third-order valence-electron chi connectivity index (χ3n) is 3.54. The second kappa shape index (κ2) is 4.34. The van der Waals surface area contributed by atoms with Gasteiger partial charge in [0.15, 0.2) is 5.78 Å². The molecule has 0 spiro atoms. The molecule has 0 fully saturated rings. The standard InChI is InChI=1S/C14H22O/c1-10(2)6-8-14(5)9-7-11(3)12(4)13(14)15/h6H,7-9H2,1-5H3. The lowest BCUT2D eigenvalue weighted by Crippen LogP contribution is -2.32. The zero-order valence-corrected chi connectivity index (χ0v) is 10.6. The predicted molar refractivity (Wildman–Crippen MR) is 64.8 cm³/mol. The molecule has 0 N–H and O–H groups in total. The minimum Gasteiger partial charge on any atom is -0.294 e. The third-order valence-corrected chi connectivity index (χ3v) is 3.54. The van der Waals surface area contributed by atoms with Crippen molar-refractivity contribution in [1.29, 1.82) is 0 Å². The van der Waals surface area contributed by atoms with Crippen molar-refractivity contribution in [3.8, 4) is 0 Å². The molecule has 0 amide bonds. The summed E-state index contributed by atoms with van der Waals surface area (Å²) in [6.45, 7) is 10.3. The van der Waals surface area contributed by atoms with Crippen molar-refractivity contribution in [2.24, 2.45) is 5.41 Å². The SMILES string of the molecule is CC(C)=CCC1(C)CCC(C)=C(C)C1=O. The van der Waals surface area contributed by atoms with E-state index in [9.17, 15) is 4.79 Å². The maximum Gasteiger partial charge on any atom is 0.164 e. The molecule has 1 aliphatic carbocycles. The number of hydrogen-bond donors (Lipinski definition) is 0. The number of allylic oxidation sites excluding steroid dienone is 4. The van der Waals surface area contributed by atoms with Gasteiger partial charge in [-0.2, -0.15) is 0 Å². The molecule has 0 aliphatic heterocycles. The molecule has 1 rings (SSSR count). The van der Waals surface area contributed by atoms with Crippen LogP contribution < -0.4 is 0 Å². The number of carbonyl (C=O) groups is 1. The Morgan fingerprint density at radius 3 is 2.53 bits per heavy atom. The minimum atomic E-state index is -0.152. The van der Waals surface area contributed by atoms with Crippen LogP contribution in [0.3, 0.4) is 0 Å². The van der Waals surface area contributed by atoms with E-state index in [1.165, 1.54) is 11.1 Å². The van der Waals surface area contributed by atoms with Crippen LogP contribution in [0.25, 0.3) is 0 Å². The van der Waals surface area contributed by atoms with Crippen LogP contribution >= 0.6 is 0 Å². The van der Waals surface area contributed by atoms with E-state index < -0.39 is 0 Å². The van der Waals surface area contributed by atoms with Gasteiger partial charge < -0.3 is 0 Å². The molecule has 0 aromatic rings. The van der Waals surface area contributed by atoms with E-state index in [0.717, 1.165) is 24.8 Å². The van der Waals surface area contributed by atoms with Crippen LogP contribution in [0, 0.1) is 5.41 Å². The molecule has 1 nitrogen and oxygen atoms in total. The van der Waals surface area contributed by atoms with Crippen LogP contribution in [-0.2, 0) is 4.79 Å². The Kier molecular flexibility index (Phi) is 3.54. The van der Waals surface area contributed by atoms with Crippen molar-refractivity contribution in [2.75, 3.05) is 0 Å². The molecule has 0 heterocycles. The Hall–Kier alpha value is -0.850. The highest BCUT2D eigenvalue weighted by Gasteiger charge is 2.36. The second-order valence-corrected chi connectivity index (χ2v) is 5.28. The van der Waals surface area contributed by atoms with Crippen LogP contribution in [0.5, 0.6) is 0 Å². The molecule has 0 radical (unpaired) electrons. The van der Waals surface area contributed by atoms with E-state index in [0.29, 0.717) is 5.78 Å². The van der Waals surface area contributed by atoms with Crippen molar-refractivity contribution >= 4 is 5.78 Å². The fourth-order valence-corrected chi connectivity index (χ4v) is 2.04. The third kappa shape index (κ3) is 2.58. The summed E-state index contributed by atoms with van der Waals surface area (Å²) in [7, 11) is 0. The summed E-state index contributed by atoms with van der Waals surface area (Å²) in [6.07, 6.45) is 5.15. The number of carbonyl (C=O) groups excluding carboxylic acids is 1. The average Bonchev–Trinajstić information content (AvgIpc) is 2.19. The highest BCUT2D eigenvalue weighted by Crippen LogP contribution is 2.39. The van der Waals surface area contributed by atoms with Gasteiger partial charge in [-0.25, -0.2) is 0 Å². The predicted octanol–water partition coefficient (Wildman–Crippen LogP) is 4.05. The molecule has 0 bridgehead atoms. The molecule has 1 heteroatoms. The van der Waals surface area contributed by atoms with Gasteiger partial charge in [0.1, 0.15) is 0 Å². The summed E-state index contributed by atoms with van der Waals surface area (Å²) in [4.78, 5) is 12.2. The van der Waals surface area contributed by atoms with E-state index in [4.69, 9.17) is 0 Å². The summed E-state index contributed by atoms with van der Waals surface area (Å²) in [5, 5.41) is 0. The Morgan fingerprint density at radius 2 is 2.00 bits per heavy atom. The van der Waals surface area contributed by atoms with Gasteiger partial charge in [0.25, 0.3) is 0 Å². The molecular formula is C14H22O. The Balaban J connectivity index is 2.89. The molecule has 0 aromatic carbocycles. The van der Waals surface area contributed by atoms with Crippen LogP contribution in [0.1, 0.15) is 53.9 Å². The van der Waals surface area contributed by atoms with Crippen LogP contribution in [0.2, 0.25) is 0 Å². The summed E-state index contributed by atoms with van der Waals surface area (Å²) < 4.78 is 0. The van der Waals surface area contributed by atoms with Gasteiger partial charge in [0.05, 0.1) is 0 Å². The summed E-state index contributed by atoms with van der Waals surface area (Å²) in [5.41, 5.74) is 3.41. The lowest BCUT2D eigenvalue weighted by atomic mass is 9.70. The maximum absolute atomic E-state index is 12.2. The van der Waals surface area contributed by atoms with E-state index in [2.05, 4.69) is 33.8 Å². The summed E-state index contributed by atoms with van der Waals surface area (Å²) >= 11 is 0. The Labute approximate surface area is 93.3 Å². The minimum absolute atomic E-state index is 0.152. The lowest BCUT2D eigenvalue weighted by Gasteiger charge is -2.32. The molecule has 1 atom stereocenters. The highest BCUT2D eigenvalue weighted by atomic mass is 16.1. The number of Topliss-reactive ketones (excluding diaryl/α,β-unsaturated/α-hetero) is 1. The van der Waals surface area contributed by atoms with Crippen LogP contribution in [-0.4, -0.2) is 5.78 Å². The topological polar surface area (TPSA) is 17.1 Å². The number of rotatable bonds is 2. The number of hydrogen-bond acceptors (Lipinski definition) is 1. The van der Waals surface area contributed by atoms with Crippen molar-refractivity contribution in [3.05, 3.63) is 22.8 Å². The van der Waals surface area contributed by atoms with Gasteiger partial charge in [-0.15, -0.1) is 0 Å². The molecule has 84 valence electrons. The first-order valence-corrected chi connectivity index (χ1v) is 5.71. The van der Waals surface area contributed by atoms with Crippen molar-refractivity contribution in [2.45, 2.75) is 53.9 Å². The summed E-state index contributed by atoms with van der Waals surface area (Å²) in [5.74, 6) is 0.351. The van der Waals surface area contributed by atoms with Crippen LogP contribution in [0.15, 0.2) is 22.8 Å². The Bertz CT molecular complexity index is 329. The number of ketones is 1. The average molecular weight is 206 g/mol. The fraction of sp³-hybridized carbons (Fsp3) is 0.643. The quantitative estimate of drug-likeness (QED) is 0.623. The maximum atomic E-state index is 12.2. The van der Waals surface area contributed by atoms with Gasteiger partial charge in [-0.3, -0.25) is 4.79 Å². The smallest absolute Gasteiger partial charge is 0.164 e. The normalized spacial score (nSPS) is 26.9. The van der Waals surface area contributed by atoms with Gasteiger partial charge in [-0.1, -0.05) is 24.1 Å². The molecule has 1 unspecified atom stereocenters. The largest absolute Gasteiger partial charge is 0.294 e. The Morgan fingerprint density at radius 1 is 1.40 bits per heavy atom.